The minimum absolute atomic E-state index is 0.407. The van der Waals surface area contributed by atoms with Crippen LogP contribution in [0.25, 0.3) is 0 Å². The zero-order valence-electron chi connectivity index (χ0n) is 11.6. The Balaban J connectivity index is 2.27. The highest BCUT2D eigenvalue weighted by molar-refractivity contribution is 8.14. The number of thiocarbonyl (C=S) groups is 1. The molecule has 1 aromatic carbocycles. The molecule has 1 heterocycles. The van der Waals surface area contributed by atoms with E-state index < -0.39 is 0 Å². The monoisotopic (exact) mass is 327 g/mol. The van der Waals surface area contributed by atoms with Gasteiger partial charge in [-0.15, -0.1) is 0 Å². The highest BCUT2D eigenvalue weighted by Crippen LogP contribution is 2.29. The molecular weight excluding hydrogens is 310 g/mol. The van der Waals surface area contributed by atoms with Gasteiger partial charge < -0.3 is 5.32 Å². The molecule has 2 rings (SSSR count). The van der Waals surface area contributed by atoms with Gasteiger partial charge in [-0.3, -0.25) is 4.90 Å². The fourth-order valence-electron chi connectivity index (χ4n) is 2.00. The predicted octanol–water partition coefficient (Wildman–Crippen LogP) is 4.05. The van der Waals surface area contributed by atoms with Crippen LogP contribution in [0.2, 0.25) is 5.02 Å². The normalized spacial score (nSPS) is 20.4. The topological polar surface area (TPSA) is 27.6 Å². The number of hydrogen-bond donors (Lipinski definition) is 1. The first-order valence-electron chi connectivity index (χ1n) is 6.69. The van der Waals surface area contributed by atoms with E-state index in [1.165, 1.54) is 0 Å². The van der Waals surface area contributed by atoms with Crippen molar-refractivity contribution in [2.45, 2.75) is 26.3 Å². The van der Waals surface area contributed by atoms with Gasteiger partial charge in [0.05, 0.1) is 5.69 Å². The van der Waals surface area contributed by atoms with Crippen molar-refractivity contribution in [2.75, 3.05) is 12.3 Å². The van der Waals surface area contributed by atoms with Gasteiger partial charge in [-0.2, -0.15) is 0 Å². The van der Waals surface area contributed by atoms with Gasteiger partial charge in [-0.05, 0) is 43.8 Å². The summed E-state index contributed by atoms with van der Waals surface area (Å²) >= 11 is 13.2. The number of nitrogens with zero attached hydrogens (tertiary/aromatic N) is 2. The summed E-state index contributed by atoms with van der Waals surface area (Å²) < 4.78 is 0. The number of aliphatic imine (C=N–C) groups is 1. The quantitative estimate of drug-likeness (QED) is 0.848. The SMILES string of the molecule is CCNC(=S)N1C(=Nc2cccc(Cl)c2)SC[C@H]1CC. The molecule has 20 heavy (non-hydrogen) atoms. The van der Waals surface area contributed by atoms with Gasteiger partial charge >= 0.3 is 0 Å². The number of rotatable bonds is 3. The van der Waals surface area contributed by atoms with E-state index in [1.54, 1.807) is 11.8 Å². The highest BCUT2D eigenvalue weighted by atomic mass is 35.5. The zero-order chi connectivity index (χ0) is 14.5. The Labute approximate surface area is 134 Å². The molecule has 0 amide bonds. The minimum Gasteiger partial charge on any atom is -0.363 e. The van der Waals surface area contributed by atoms with Crippen molar-refractivity contribution in [3.05, 3.63) is 29.3 Å². The Morgan fingerprint density at radius 3 is 3.00 bits per heavy atom. The van der Waals surface area contributed by atoms with Crippen LogP contribution in [0.15, 0.2) is 29.3 Å². The standard InChI is InChI=1S/C14H18ClN3S2/c1-3-12-9-20-14(18(12)13(19)16-4-2)17-11-7-5-6-10(15)8-11/h5-8,12H,3-4,9H2,1-2H3,(H,16,19)/t12-/m1/s1. The third-order valence-corrected chi connectivity index (χ3v) is 4.70. The van der Waals surface area contributed by atoms with Crippen LogP contribution in [0, 0.1) is 0 Å². The van der Waals surface area contributed by atoms with E-state index in [0.29, 0.717) is 11.1 Å². The first-order valence-corrected chi connectivity index (χ1v) is 8.47. The molecule has 0 unspecified atom stereocenters. The van der Waals surface area contributed by atoms with Crippen LogP contribution in [0.5, 0.6) is 0 Å². The third-order valence-electron chi connectivity index (χ3n) is 3.03. The Morgan fingerprint density at radius 2 is 2.35 bits per heavy atom. The fourth-order valence-corrected chi connectivity index (χ4v) is 3.90. The molecule has 108 valence electrons. The van der Waals surface area contributed by atoms with E-state index in [9.17, 15) is 0 Å². The minimum atomic E-state index is 0.407. The predicted molar refractivity (Wildman–Crippen MR) is 93.2 cm³/mol. The van der Waals surface area contributed by atoms with Gasteiger partial charge in [-0.1, -0.05) is 36.4 Å². The maximum atomic E-state index is 6.01. The second kappa shape index (κ2) is 7.29. The van der Waals surface area contributed by atoms with Crippen molar-refractivity contribution in [3.8, 4) is 0 Å². The molecular formula is C14H18ClN3S2. The first-order chi connectivity index (χ1) is 9.65. The number of amidine groups is 1. The highest BCUT2D eigenvalue weighted by Gasteiger charge is 2.31. The van der Waals surface area contributed by atoms with E-state index in [0.717, 1.165) is 34.7 Å². The summed E-state index contributed by atoms with van der Waals surface area (Å²) in [6.07, 6.45) is 1.05. The summed E-state index contributed by atoms with van der Waals surface area (Å²) in [7, 11) is 0. The van der Waals surface area contributed by atoms with Crippen LogP contribution in [0.3, 0.4) is 0 Å². The second-order valence-corrected chi connectivity index (χ2v) is 6.26. The summed E-state index contributed by atoms with van der Waals surface area (Å²) in [6.45, 7) is 5.04. The summed E-state index contributed by atoms with van der Waals surface area (Å²) in [5.74, 6) is 1.02. The average molecular weight is 328 g/mol. The maximum Gasteiger partial charge on any atom is 0.175 e. The van der Waals surface area contributed by atoms with Gasteiger partial charge in [-0.25, -0.2) is 4.99 Å². The van der Waals surface area contributed by atoms with Crippen molar-refractivity contribution >= 4 is 51.5 Å². The largest absolute Gasteiger partial charge is 0.363 e. The Hall–Kier alpha value is -0.780. The number of halogens is 1. The van der Waals surface area contributed by atoms with E-state index in [-0.39, 0.29) is 0 Å². The van der Waals surface area contributed by atoms with Gasteiger partial charge in [0.25, 0.3) is 0 Å². The van der Waals surface area contributed by atoms with E-state index >= 15 is 0 Å². The molecule has 6 heteroatoms. The molecule has 0 bridgehead atoms. The first kappa shape index (κ1) is 15.6. The molecule has 1 aliphatic rings. The van der Waals surface area contributed by atoms with Crippen LogP contribution < -0.4 is 5.32 Å². The Kier molecular flexibility index (Phi) is 5.69. The van der Waals surface area contributed by atoms with Gasteiger partial charge in [0.1, 0.15) is 0 Å². The third kappa shape index (κ3) is 3.65. The summed E-state index contributed by atoms with van der Waals surface area (Å²) in [6, 6.07) is 7.98. The van der Waals surface area contributed by atoms with Crippen LogP contribution in [0.1, 0.15) is 20.3 Å². The molecule has 1 N–H and O–H groups in total. The Bertz CT molecular complexity index is 519. The Morgan fingerprint density at radius 1 is 1.55 bits per heavy atom. The van der Waals surface area contributed by atoms with Crippen LogP contribution in [0.4, 0.5) is 5.69 Å². The van der Waals surface area contributed by atoms with Crippen LogP contribution in [-0.4, -0.2) is 33.5 Å². The van der Waals surface area contributed by atoms with Crippen LogP contribution in [-0.2, 0) is 0 Å². The molecule has 0 radical (unpaired) electrons. The van der Waals surface area contributed by atoms with Gasteiger partial charge in [0.15, 0.2) is 10.3 Å². The summed E-state index contributed by atoms with van der Waals surface area (Å²) in [4.78, 5) is 6.82. The van der Waals surface area contributed by atoms with Crippen LogP contribution >= 0.6 is 35.6 Å². The molecule has 0 saturated carbocycles. The molecule has 0 aromatic heterocycles. The lowest BCUT2D eigenvalue weighted by Crippen LogP contribution is -2.45. The lowest BCUT2D eigenvalue weighted by molar-refractivity contribution is 0.471. The van der Waals surface area contributed by atoms with Crippen molar-refractivity contribution in [3.63, 3.8) is 0 Å². The summed E-state index contributed by atoms with van der Waals surface area (Å²) in [5.41, 5.74) is 0.862. The molecule has 1 fully saturated rings. The second-order valence-electron chi connectivity index (χ2n) is 4.45. The molecule has 0 spiro atoms. The van der Waals surface area contributed by atoms with E-state index in [4.69, 9.17) is 28.8 Å². The molecule has 0 aliphatic carbocycles. The summed E-state index contributed by atoms with van der Waals surface area (Å²) in [5, 5.41) is 5.62. The van der Waals surface area contributed by atoms with Gasteiger partial charge in [0, 0.05) is 23.4 Å². The number of nitrogens with one attached hydrogen (secondary N) is 1. The molecule has 1 saturated heterocycles. The van der Waals surface area contributed by atoms with E-state index in [1.807, 2.05) is 31.2 Å². The number of benzene rings is 1. The molecule has 1 aliphatic heterocycles. The van der Waals surface area contributed by atoms with E-state index in [2.05, 4.69) is 17.1 Å². The van der Waals surface area contributed by atoms with Crippen molar-refractivity contribution < 1.29 is 0 Å². The number of hydrogen-bond acceptors (Lipinski definition) is 3. The van der Waals surface area contributed by atoms with Gasteiger partial charge in [0.2, 0.25) is 0 Å². The van der Waals surface area contributed by atoms with Crippen molar-refractivity contribution in [1.29, 1.82) is 0 Å². The smallest absolute Gasteiger partial charge is 0.175 e. The lowest BCUT2D eigenvalue weighted by Gasteiger charge is -2.25. The van der Waals surface area contributed by atoms with Crippen molar-refractivity contribution in [2.24, 2.45) is 4.99 Å². The van der Waals surface area contributed by atoms with Crippen molar-refractivity contribution in [1.82, 2.24) is 10.2 Å². The average Bonchev–Trinajstić information content (AvgIpc) is 2.82. The maximum absolute atomic E-state index is 6.01. The lowest BCUT2D eigenvalue weighted by atomic mass is 10.2. The molecule has 3 nitrogen and oxygen atoms in total. The molecule has 1 aromatic rings. The zero-order valence-corrected chi connectivity index (χ0v) is 14.0. The fraction of sp³-hybridized carbons (Fsp3) is 0.429. The number of thioether (sulfide) groups is 1. The molecule has 1 atom stereocenters.